The molecule has 0 saturated carbocycles. The Morgan fingerprint density at radius 1 is 1.39 bits per heavy atom. The van der Waals surface area contributed by atoms with E-state index >= 15 is 0 Å². The van der Waals surface area contributed by atoms with E-state index in [2.05, 4.69) is 74.5 Å². The Balaban J connectivity index is 2.44. The summed E-state index contributed by atoms with van der Waals surface area (Å²) in [6.45, 7) is 10.4. The first-order chi connectivity index (χ1) is 8.58. The highest BCUT2D eigenvalue weighted by Gasteiger charge is 2.11. The minimum Gasteiger partial charge on any atom is -0.316 e. The molecule has 0 aliphatic carbocycles. The normalized spacial score (nSPS) is 18.5. The zero-order chi connectivity index (χ0) is 13.1. The third-order valence-electron chi connectivity index (χ3n) is 3.12. The van der Waals surface area contributed by atoms with Crippen LogP contribution in [-0.2, 0) is 0 Å². The third-order valence-corrected chi connectivity index (χ3v) is 3.12. The van der Waals surface area contributed by atoms with Crippen molar-refractivity contribution in [3.8, 4) is 0 Å². The molecule has 0 saturated heterocycles. The van der Waals surface area contributed by atoms with E-state index < -0.39 is 0 Å². The van der Waals surface area contributed by atoms with Gasteiger partial charge in [-0.3, -0.25) is 0 Å². The summed E-state index contributed by atoms with van der Waals surface area (Å²) in [5.74, 6) is 0.355. The Bertz CT molecular complexity index is 557. The molecule has 0 aromatic heterocycles. The minimum atomic E-state index is 0.355. The number of rotatable bonds is 2. The van der Waals surface area contributed by atoms with E-state index in [0.717, 1.165) is 11.3 Å². The fourth-order valence-corrected chi connectivity index (χ4v) is 2.10. The highest BCUT2D eigenvalue weighted by Crippen LogP contribution is 2.25. The predicted molar refractivity (Wildman–Crippen MR) is 78.4 cm³/mol. The Morgan fingerprint density at radius 2 is 2.17 bits per heavy atom. The van der Waals surface area contributed by atoms with E-state index in [1.54, 1.807) is 0 Å². The lowest BCUT2D eigenvalue weighted by Crippen LogP contribution is -2.09. The average Bonchev–Trinajstić information content (AvgIpc) is 2.51. The SMILES string of the molecule is C=C(C)C1=CN(c2cccc(C)c2)C=C=CC1C. The largest absolute Gasteiger partial charge is 0.316 e. The molecular weight excluding hydrogens is 218 g/mol. The fraction of sp³-hybridized carbons (Fsp3) is 0.235. The van der Waals surface area contributed by atoms with Crippen LogP contribution in [-0.4, -0.2) is 0 Å². The predicted octanol–water partition coefficient (Wildman–Crippen LogP) is 4.58. The number of nitrogens with zero attached hydrogens (tertiary/aromatic N) is 1. The number of anilines is 1. The molecule has 1 atom stereocenters. The summed E-state index contributed by atoms with van der Waals surface area (Å²) >= 11 is 0. The van der Waals surface area contributed by atoms with Crippen molar-refractivity contribution in [3.63, 3.8) is 0 Å². The van der Waals surface area contributed by atoms with Gasteiger partial charge in [0.25, 0.3) is 0 Å². The molecular formula is C17H19N. The maximum atomic E-state index is 4.06. The summed E-state index contributed by atoms with van der Waals surface area (Å²) in [5, 5.41) is 0. The van der Waals surface area contributed by atoms with Gasteiger partial charge in [0.2, 0.25) is 0 Å². The van der Waals surface area contributed by atoms with Gasteiger partial charge in [0, 0.05) is 17.8 Å². The van der Waals surface area contributed by atoms with E-state index in [0.29, 0.717) is 5.92 Å². The van der Waals surface area contributed by atoms with Crippen molar-refractivity contribution in [2.75, 3.05) is 4.90 Å². The van der Waals surface area contributed by atoms with Gasteiger partial charge in [0.15, 0.2) is 0 Å². The second-order valence-corrected chi connectivity index (χ2v) is 4.86. The molecule has 0 fully saturated rings. The van der Waals surface area contributed by atoms with Crippen molar-refractivity contribution in [1.82, 2.24) is 0 Å². The summed E-state index contributed by atoms with van der Waals surface area (Å²) in [4.78, 5) is 2.11. The molecule has 1 aliphatic rings. The monoisotopic (exact) mass is 237 g/mol. The quantitative estimate of drug-likeness (QED) is 0.680. The van der Waals surface area contributed by atoms with Gasteiger partial charge in [-0.25, -0.2) is 0 Å². The summed E-state index contributed by atoms with van der Waals surface area (Å²) in [5.41, 5.74) is 8.00. The molecule has 1 heteroatoms. The Morgan fingerprint density at radius 3 is 2.83 bits per heavy atom. The molecule has 18 heavy (non-hydrogen) atoms. The fourth-order valence-electron chi connectivity index (χ4n) is 2.10. The topological polar surface area (TPSA) is 3.24 Å². The Kier molecular flexibility index (Phi) is 3.55. The van der Waals surface area contributed by atoms with Crippen LogP contribution < -0.4 is 4.90 Å². The summed E-state index contributed by atoms with van der Waals surface area (Å²) in [7, 11) is 0. The number of hydrogen-bond acceptors (Lipinski definition) is 1. The van der Waals surface area contributed by atoms with Crippen LogP contribution >= 0.6 is 0 Å². The molecule has 1 unspecified atom stereocenters. The van der Waals surface area contributed by atoms with E-state index in [-0.39, 0.29) is 0 Å². The standard InChI is InChI=1S/C17H19N/c1-13(2)17-12-18(10-6-8-15(17)4)16-9-5-7-14(3)11-16/h5,7-12,15H,1H2,2-4H3. The molecule has 0 amide bonds. The number of allylic oxidation sites excluding steroid dienone is 3. The van der Waals surface area contributed by atoms with Crippen LogP contribution in [0.1, 0.15) is 19.4 Å². The molecule has 0 radical (unpaired) electrons. The van der Waals surface area contributed by atoms with Gasteiger partial charge < -0.3 is 4.90 Å². The first-order valence-electron chi connectivity index (χ1n) is 6.23. The first-order valence-corrected chi connectivity index (χ1v) is 6.23. The smallest absolute Gasteiger partial charge is 0.0509 e. The van der Waals surface area contributed by atoms with Crippen LogP contribution in [0.5, 0.6) is 0 Å². The molecule has 0 spiro atoms. The van der Waals surface area contributed by atoms with Gasteiger partial charge in [0.1, 0.15) is 0 Å². The highest BCUT2D eigenvalue weighted by molar-refractivity contribution is 5.56. The molecule has 0 bridgehead atoms. The molecule has 2 rings (SSSR count). The lowest BCUT2D eigenvalue weighted by molar-refractivity contribution is 0.872. The molecule has 1 aromatic carbocycles. The molecule has 92 valence electrons. The summed E-state index contributed by atoms with van der Waals surface area (Å²) in [6.07, 6.45) is 6.20. The molecule has 1 nitrogen and oxygen atoms in total. The molecule has 0 N–H and O–H groups in total. The third kappa shape index (κ3) is 2.64. The van der Waals surface area contributed by atoms with Gasteiger partial charge >= 0.3 is 0 Å². The van der Waals surface area contributed by atoms with Gasteiger partial charge in [-0.2, -0.15) is 0 Å². The van der Waals surface area contributed by atoms with Crippen molar-refractivity contribution in [1.29, 1.82) is 0 Å². The zero-order valence-corrected chi connectivity index (χ0v) is 11.3. The van der Waals surface area contributed by atoms with Crippen molar-refractivity contribution in [2.45, 2.75) is 20.8 Å². The summed E-state index contributed by atoms with van der Waals surface area (Å²) < 4.78 is 0. The lowest BCUT2D eigenvalue weighted by Gasteiger charge is -2.18. The van der Waals surface area contributed by atoms with Gasteiger partial charge in [-0.1, -0.05) is 31.2 Å². The minimum absolute atomic E-state index is 0.355. The van der Waals surface area contributed by atoms with Crippen LogP contribution in [0.15, 0.2) is 66.2 Å². The number of benzene rings is 1. The second kappa shape index (κ2) is 5.12. The van der Waals surface area contributed by atoms with E-state index in [1.165, 1.54) is 11.1 Å². The Hall–Kier alpha value is -1.98. The van der Waals surface area contributed by atoms with Gasteiger partial charge in [-0.05, 0) is 43.2 Å². The Labute approximate surface area is 109 Å². The molecule has 1 heterocycles. The maximum absolute atomic E-state index is 4.06. The number of aryl methyl sites for hydroxylation is 1. The van der Waals surface area contributed by atoms with Crippen molar-refractivity contribution in [3.05, 3.63) is 71.8 Å². The maximum Gasteiger partial charge on any atom is 0.0509 e. The molecule has 1 aliphatic heterocycles. The molecule has 1 aromatic rings. The van der Waals surface area contributed by atoms with Crippen molar-refractivity contribution < 1.29 is 0 Å². The number of hydrogen-bond donors (Lipinski definition) is 0. The summed E-state index contributed by atoms with van der Waals surface area (Å²) in [6, 6.07) is 8.45. The van der Waals surface area contributed by atoms with Crippen LogP contribution in [0.3, 0.4) is 0 Å². The van der Waals surface area contributed by atoms with Crippen molar-refractivity contribution >= 4 is 5.69 Å². The average molecular weight is 237 g/mol. The van der Waals surface area contributed by atoms with Crippen LogP contribution in [0, 0.1) is 12.8 Å². The van der Waals surface area contributed by atoms with Gasteiger partial charge in [-0.15, -0.1) is 5.73 Å². The van der Waals surface area contributed by atoms with Crippen LogP contribution in [0.25, 0.3) is 0 Å². The van der Waals surface area contributed by atoms with Gasteiger partial charge in [0.05, 0.1) is 6.20 Å². The van der Waals surface area contributed by atoms with E-state index in [1.807, 2.05) is 6.20 Å². The van der Waals surface area contributed by atoms with Crippen LogP contribution in [0.4, 0.5) is 5.69 Å². The van der Waals surface area contributed by atoms with E-state index in [9.17, 15) is 0 Å². The van der Waals surface area contributed by atoms with Crippen molar-refractivity contribution in [2.24, 2.45) is 5.92 Å². The van der Waals surface area contributed by atoms with Crippen LogP contribution in [0.2, 0.25) is 0 Å². The van der Waals surface area contributed by atoms with E-state index in [4.69, 9.17) is 0 Å². The zero-order valence-electron chi connectivity index (χ0n) is 11.3. The lowest BCUT2D eigenvalue weighted by atomic mass is 9.97. The second-order valence-electron chi connectivity index (χ2n) is 4.86. The first kappa shape index (κ1) is 12.5. The highest BCUT2D eigenvalue weighted by atomic mass is 15.1.